The first-order chi connectivity index (χ1) is 10.4. The molecule has 0 saturated heterocycles. The molecule has 0 aromatic heterocycles. The zero-order chi connectivity index (χ0) is 16.2. The van der Waals surface area contributed by atoms with Crippen molar-refractivity contribution in [1.29, 1.82) is 0 Å². The summed E-state index contributed by atoms with van der Waals surface area (Å²) in [5.41, 5.74) is 1.08. The van der Waals surface area contributed by atoms with Crippen LogP contribution < -0.4 is 10.1 Å². The molecular weight excluding hydrogens is 291 g/mol. The van der Waals surface area contributed by atoms with Gasteiger partial charge in [0.1, 0.15) is 5.75 Å². The third-order valence-electron chi connectivity index (χ3n) is 4.38. The van der Waals surface area contributed by atoms with Crippen LogP contribution in [0.25, 0.3) is 0 Å². The summed E-state index contributed by atoms with van der Waals surface area (Å²) < 4.78 is 43.9. The number of para-hydroxylation sites is 1. The molecule has 1 N–H and O–H groups in total. The zero-order valence-electron chi connectivity index (χ0n) is 13.1. The number of halogens is 3. The Morgan fingerprint density at radius 2 is 2.00 bits per heavy atom. The highest BCUT2D eigenvalue weighted by molar-refractivity contribution is 5.33. The maximum absolute atomic E-state index is 12.9. The number of alkyl halides is 3. The van der Waals surface area contributed by atoms with Gasteiger partial charge in [0.15, 0.2) is 0 Å². The molecule has 0 bridgehead atoms. The van der Waals surface area contributed by atoms with E-state index in [1.807, 2.05) is 31.2 Å². The van der Waals surface area contributed by atoms with Crippen LogP contribution in [0.5, 0.6) is 5.75 Å². The molecule has 1 aromatic rings. The number of methoxy groups -OCH3 is 1. The highest BCUT2D eigenvalue weighted by atomic mass is 19.4. The van der Waals surface area contributed by atoms with E-state index in [9.17, 15) is 13.2 Å². The number of benzene rings is 1. The molecule has 0 aliphatic heterocycles. The van der Waals surface area contributed by atoms with Crippen molar-refractivity contribution < 1.29 is 17.9 Å². The molecule has 0 amide bonds. The van der Waals surface area contributed by atoms with Crippen molar-refractivity contribution in [3.63, 3.8) is 0 Å². The number of nitrogens with one attached hydrogen (secondary N) is 1. The Balaban J connectivity index is 1.90. The summed E-state index contributed by atoms with van der Waals surface area (Å²) in [7, 11) is 1.63. The van der Waals surface area contributed by atoms with Gasteiger partial charge in [-0.25, -0.2) is 0 Å². The molecule has 22 heavy (non-hydrogen) atoms. The minimum Gasteiger partial charge on any atom is -0.496 e. The lowest BCUT2D eigenvalue weighted by atomic mass is 9.85. The Hall–Kier alpha value is -1.23. The minimum absolute atomic E-state index is 0.0508. The smallest absolute Gasteiger partial charge is 0.391 e. The molecule has 1 aromatic carbocycles. The van der Waals surface area contributed by atoms with E-state index in [1.165, 1.54) is 0 Å². The molecule has 2 rings (SSSR count). The summed E-state index contributed by atoms with van der Waals surface area (Å²) in [5.74, 6) is -0.329. The molecule has 5 heteroatoms. The fourth-order valence-electron chi connectivity index (χ4n) is 3.30. The quantitative estimate of drug-likeness (QED) is 0.873. The van der Waals surface area contributed by atoms with E-state index in [0.717, 1.165) is 24.2 Å². The van der Waals surface area contributed by atoms with Crippen molar-refractivity contribution in [3.05, 3.63) is 29.8 Å². The second-order valence-corrected chi connectivity index (χ2v) is 6.19. The van der Waals surface area contributed by atoms with Gasteiger partial charge in [0, 0.05) is 12.1 Å². The van der Waals surface area contributed by atoms with Crippen LogP contribution in [-0.2, 0) is 6.42 Å². The van der Waals surface area contributed by atoms with Gasteiger partial charge in [-0.15, -0.1) is 0 Å². The van der Waals surface area contributed by atoms with Gasteiger partial charge in [0.25, 0.3) is 0 Å². The predicted octanol–water partition coefficient (Wildman–Crippen LogP) is 4.34. The molecule has 1 fully saturated rings. The number of hydrogen-bond donors (Lipinski definition) is 1. The Morgan fingerprint density at radius 3 is 2.68 bits per heavy atom. The number of rotatable bonds is 5. The highest BCUT2D eigenvalue weighted by Gasteiger charge is 2.42. The van der Waals surface area contributed by atoms with Gasteiger partial charge in [0.05, 0.1) is 13.0 Å². The van der Waals surface area contributed by atoms with Crippen molar-refractivity contribution in [2.45, 2.75) is 57.3 Å². The van der Waals surface area contributed by atoms with Gasteiger partial charge in [0.2, 0.25) is 0 Å². The third kappa shape index (κ3) is 4.63. The Morgan fingerprint density at radius 1 is 1.27 bits per heavy atom. The van der Waals surface area contributed by atoms with Crippen molar-refractivity contribution in [2.24, 2.45) is 5.92 Å². The van der Waals surface area contributed by atoms with Crippen LogP contribution in [0.3, 0.4) is 0 Å². The van der Waals surface area contributed by atoms with Crippen molar-refractivity contribution in [1.82, 2.24) is 5.32 Å². The Labute approximate surface area is 130 Å². The summed E-state index contributed by atoms with van der Waals surface area (Å²) in [5, 5.41) is 3.37. The molecule has 0 heterocycles. The largest absolute Gasteiger partial charge is 0.496 e. The fraction of sp³-hybridized carbons (Fsp3) is 0.647. The first-order valence-electron chi connectivity index (χ1n) is 7.84. The molecule has 3 atom stereocenters. The Bertz CT molecular complexity index is 475. The second kappa shape index (κ2) is 7.36. The normalized spacial score (nSPS) is 24.0. The third-order valence-corrected chi connectivity index (χ3v) is 4.38. The average Bonchev–Trinajstić information content (AvgIpc) is 2.47. The molecule has 1 aliphatic rings. The van der Waals surface area contributed by atoms with Crippen molar-refractivity contribution in [3.8, 4) is 5.75 Å². The summed E-state index contributed by atoms with van der Waals surface area (Å²) in [6.45, 7) is 2.02. The van der Waals surface area contributed by atoms with Gasteiger partial charge in [-0.05, 0) is 44.2 Å². The second-order valence-electron chi connectivity index (χ2n) is 6.19. The molecule has 1 saturated carbocycles. The van der Waals surface area contributed by atoms with Gasteiger partial charge in [-0.2, -0.15) is 13.2 Å². The van der Waals surface area contributed by atoms with E-state index in [4.69, 9.17) is 4.74 Å². The van der Waals surface area contributed by atoms with Gasteiger partial charge < -0.3 is 10.1 Å². The maximum Gasteiger partial charge on any atom is 0.391 e. The lowest BCUT2D eigenvalue weighted by Crippen LogP contribution is -2.43. The SMILES string of the molecule is COc1ccccc1CC(C)NC1CCCC(C(F)(F)F)C1. The predicted molar refractivity (Wildman–Crippen MR) is 81.1 cm³/mol. The summed E-state index contributed by atoms with van der Waals surface area (Å²) in [6.07, 6.45) is -1.39. The lowest BCUT2D eigenvalue weighted by molar-refractivity contribution is -0.183. The Kier molecular flexibility index (Phi) is 5.73. The molecule has 0 radical (unpaired) electrons. The van der Waals surface area contributed by atoms with E-state index in [0.29, 0.717) is 6.42 Å². The highest BCUT2D eigenvalue weighted by Crippen LogP contribution is 2.37. The fourth-order valence-corrected chi connectivity index (χ4v) is 3.30. The lowest BCUT2D eigenvalue weighted by Gasteiger charge is -2.33. The van der Waals surface area contributed by atoms with Crippen LogP contribution >= 0.6 is 0 Å². The van der Waals surface area contributed by atoms with Crippen molar-refractivity contribution in [2.75, 3.05) is 7.11 Å². The first-order valence-corrected chi connectivity index (χ1v) is 7.84. The van der Waals surface area contributed by atoms with E-state index >= 15 is 0 Å². The van der Waals surface area contributed by atoms with Gasteiger partial charge >= 0.3 is 6.18 Å². The molecule has 1 aliphatic carbocycles. The average molecular weight is 315 g/mol. The maximum atomic E-state index is 12.9. The van der Waals surface area contributed by atoms with Crippen LogP contribution in [0.15, 0.2) is 24.3 Å². The van der Waals surface area contributed by atoms with Gasteiger partial charge in [-0.3, -0.25) is 0 Å². The van der Waals surface area contributed by atoms with Crippen molar-refractivity contribution >= 4 is 0 Å². The topological polar surface area (TPSA) is 21.3 Å². The molecular formula is C17H24F3NO. The van der Waals surface area contributed by atoms with Crippen LogP contribution in [0.2, 0.25) is 0 Å². The van der Waals surface area contributed by atoms with Crippen LogP contribution in [0, 0.1) is 5.92 Å². The number of ether oxygens (including phenoxy) is 1. The summed E-state index contributed by atoms with van der Waals surface area (Å²) >= 11 is 0. The first kappa shape index (κ1) is 17.1. The number of hydrogen-bond acceptors (Lipinski definition) is 2. The monoisotopic (exact) mass is 315 g/mol. The van der Waals surface area contributed by atoms with E-state index in [2.05, 4.69) is 5.32 Å². The molecule has 3 unspecified atom stereocenters. The van der Waals surface area contributed by atoms with E-state index in [1.54, 1.807) is 7.11 Å². The van der Waals surface area contributed by atoms with E-state index < -0.39 is 12.1 Å². The standard InChI is InChI=1S/C17H24F3NO/c1-12(10-13-6-3-4-9-16(13)22-2)21-15-8-5-7-14(11-15)17(18,19)20/h3-4,6,9,12,14-15,21H,5,7-8,10-11H2,1-2H3. The minimum atomic E-state index is -4.06. The van der Waals surface area contributed by atoms with Gasteiger partial charge in [-0.1, -0.05) is 24.6 Å². The molecule has 2 nitrogen and oxygen atoms in total. The molecule has 0 spiro atoms. The van der Waals surface area contributed by atoms with E-state index in [-0.39, 0.29) is 24.9 Å². The summed E-state index contributed by atoms with van der Waals surface area (Å²) in [6, 6.07) is 7.83. The summed E-state index contributed by atoms with van der Waals surface area (Å²) in [4.78, 5) is 0. The van der Waals surface area contributed by atoms with Crippen LogP contribution in [-0.4, -0.2) is 25.4 Å². The van der Waals surface area contributed by atoms with Crippen LogP contribution in [0.4, 0.5) is 13.2 Å². The molecule has 124 valence electrons. The zero-order valence-corrected chi connectivity index (χ0v) is 13.1. The van der Waals surface area contributed by atoms with Crippen LogP contribution in [0.1, 0.15) is 38.2 Å².